The van der Waals surface area contributed by atoms with Crippen molar-refractivity contribution >= 4 is 5.69 Å². The Bertz CT molecular complexity index is 1030. The van der Waals surface area contributed by atoms with Crippen LogP contribution in [0.1, 0.15) is 11.1 Å². The van der Waals surface area contributed by atoms with Gasteiger partial charge in [0.25, 0.3) is 0 Å². The maximum Gasteiger partial charge on any atom is 0.416 e. The number of nitrogens with zero attached hydrogens (tertiary/aromatic N) is 4. The maximum atomic E-state index is 13.2. The van der Waals surface area contributed by atoms with E-state index < -0.39 is 17.4 Å². The molecule has 0 radical (unpaired) electrons. The standard InChI is InChI=1S/C20H20F3N5O/c21-20(22,23)18-4-2-1-3-15(18)13-28-19(29)27(14-25-28)17-7-5-16(6-8-17)26-11-9-24-10-12-26/h1-8,14,24H,9-13H2. The summed E-state index contributed by atoms with van der Waals surface area (Å²) in [6.07, 6.45) is -3.15. The van der Waals surface area contributed by atoms with Crippen LogP contribution < -0.4 is 15.9 Å². The van der Waals surface area contributed by atoms with Gasteiger partial charge in [0, 0.05) is 31.9 Å². The fraction of sp³-hybridized carbons (Fsp3) is 0.300. The van der Waals surface area contributed by atoms with Crippen molar-refractivity contribution in [3.8, 4) is 5.69 Å². The largest absolute Gasteiger partial charge is 0.416 e. The number of nitrogens with one attached hydrogen (secondary N) is 1. The minimum absolute atomic E-state index is 0.00130. The Kier molecular flexibility index (Phi) is 5.14. The number of hydrogen-bond donors (Lipinski definition) is 1. The highest BCUT2D eigenvalue weighted by molar-refractivity contribution is 5.51. The first kappa shape index (κ1) is 19.3. The highest BCUT2D eigenvalue weighted by atomic mass is 19.4. The summed E-state index contributed by atoms with van der Waals surface area (Å²) >= 11 is 0. The van der Waals surface area contributed by atoms with Crippen LogP contribution in [-0.2, 0) is 12.7 Å². The summed E-state index contributed by atoms with van der Waals surface area (Å²) < 4.78 is 41.9. The lowest BCUT2D eigenvalue weighted by Crippen LogP contribution is -2.43. The first-order valence-corrected chi connectivity index (χ1v) is 9.29. The van der Waals surface area contributed by atoms with Gasteiger partial charge in [0.05, 0.1) is 17.8 Å². The quantitative estimate of drug-likeness (QED) is 0.728. The molecule has 4 rings (SSSR count). The number of halogens is 3. The molecule has 152 valence electrons. The topological polar surface area (TPSA) is 55.1 Å². The second-order valence-electron chi connectivity index (χ2n) is 6.85. The van der Waals surface area contributed by atoms with E-state index in [-0.39, 0.29) is 12.1 Å². The van der Waals surface area contributed by atoms with E-state index in [4.69, 9.17) is 0 Å². The van der Waals surface area contributed by atoms with Gasteiger partial charge in [-0.1, -0.05) is 18.2 Å². The first-order chi connectivity index (χ1) is 13.9. The number of anilines is 1. The number of aromatic nitrogens is 3. The van der Waals surface area contributed by atoms with Crippen molar-refractivity contribution in [1.29, 1.82) is 0 Å². The Hall–Kier alpha value is -3.07. The molecule has 0 spiro atoms. The third-order valence-electron chi connectivity index (χ3n) is 4.99. The zero-order chi connectivity index (χ0) is 20.4. The highest BCUT2D eigenvalue weighted by Crippen LogP contribution is 2.32. The molecule has 1 N–H and O–H groups in total. The predicted octanol–water partition coefficient (Wildman–Crippen LogP) is 2.51. The van der Waals surface area contributed by atoms with Gasteiger partial charge >= 0.3 is 11.9 Å². The fourth-order valence-corrected chi connectivity index (χ4v) is 3.47. The monoisotopic (exact) mass is 403 g/mol. The first-order valence-electron chi connectivity index (χ1n) is 9.29. The van der Waals surface area contributed by atoms with Crippen molar-refractivity contribution in [2.24, 2.45) is 0 Å². The minimum Gasteiger partial charge on any atom is -0.369 e. The molecule has 0 unspecified atom stereocenters. The lowest BCUT2D eigenvalue weighted by Gasteiger charge is -2.29. The third-order valence-corrected chi connectivity index (χ3v) is 4.99. The smallest absolute Gasteiger partial charge is 0.369 e. The summed E-state index contributed by atoms with van der Waals surface area (Å²) in [5.74, 6) is 0. The molecule has 1 aliphatic rings. The SMILES string of the molecule is O=c1n(-c2ccc(N3CCNCC3)cc2)cnn1Cc1ccccc1C(F)(F)F. The third kappa shape index (κ3) is 4.04. The molecule has 0 bridgehead atoms. The van der Waals surface area contributed by atoms with Crippen LogP contribution in [0.3, 0.4) is 0 Å². The average Bonchev–Trinajstić information content (AvgIpc) is 3.09. The van der Waals surface area contributed by atoms with Crippen molar-refractivity contribution in [2.45, 2.75) is 12.7 Å². The number of piperazine rings is 1. The molecule has 9 heteroatoms. The van der Waals surface area contributed by atoms with Crippen molar-refractivity contribution < 1.29 is 13.2 Å². The van der Waals surface area contributed by atoms with Crippen molar-refractivity contribution in [2.75, 3.05) is 31.1 Å². The molecule has 1 fully saturated rings. The van der Waals surface area contributed by atoms with Crippen LogP contribution in [0.15, 0.2) is 59.7 Å². The van der Waals surface area contributed by atoms with Crippen molar-refractivity contribution in [3.05, 3.63) is 76.5 Å². The number of hydrogen-bond acceptors (Lipinski definition) is 4. The zero-order valence-electron chi connectivity index (χ0n) is 15.6. The molecule has 0 aliphatic carbocycles. The molecule has 6 nitrogen and oxygen atoms in total. The summed E-state index contributed by atoms with van der Waals surface area (Å²) in [6, 6.07) is 12.7. The van der Waals surface area contributed by atoms with Crippen LogP contribution in [0.2, 0.25) is 0 Å². The lowest BCUT2D eigenvalue weighted by atomic mass is 10.1. The van der Waals surface area contributed by atoms with Crippen molar-refractivity contribution in [3.63, 3.8) is 0 Å². The zero-order valence-corrected chi connectivity index (χ0v) is 15.6. The van der Waals surface area contributed by atoms with Gasteiger partial charge in [-0.2, -0.15) is 18.3 Å². The van der Waals surface area contributed by atoms with Gasteiger partial charge in [-0.3, -0.25) is 0 Å². The second-order valence-corrected chi connectivity index (χ2v) is 6.85. The van der Waals surface area contributed by atoms with E-state index in [1.807, 2.05) is 24.3 Å². The normalized spacial score (nSPS) is 14.9. The summed E-state index contributed by atoms with van der Waals surface area (Å²) in [7, 11) is 0. The number of benzene rings is 2. The van der Waals surface area contributed by atoms with E-state index in [0.717, 1.165) is 42.6 Å². The maximum absolute atomic E-state index is 13.2. The van der Waals surface area contributed by atoms with E-state index in [1.165, 1.54) is 29.1 Å². The summed E-state index contributed by atoms with van der Waals surface area (Å²) in [4.78, 5) is 14.9. The summed E-state index contributed by atoms with van der Waals surface area (Å²) in [5, 5.41) is 7.30. The van der Waals surface area contributed by atoms with Gasteiger partial charge in [-0.15, -0.1) is 0 Å². The Morgan fingerprint density at radius 3 is 2.31 bits per heavy atom. The molecule has 1 saturated heterocycles. The van der Waals surface area contributed by atoms with Crippen LogP contribution in [-0.4, -0.2) is 40.5 Å². The molecule has 0 amide bonds. The minimum atomic E-state index is -4.48. The Labute approximate surface area is 165 Å². The van der Waals surface area contributed by atoms with Gasteiger partial charge in [-0.25, -0.2) is 14.0 Å². The molecular formula is C20H20F3N5O. The van der Waals surface area contributed by atoms with Crippen LogP contribution in [0.25, 0.3) is 5.69 Å². The van der Waals surface area contributed by atoms with Gasteiger partial charge in [0.1, 0.15) is 6.33 Å². The predicted molar refractivity (Wildman–Crippen MR) is 103 cm³/mol. The van der Waals surface area contributed by atoms with Crippen molar-refractivity contribution in [1.82, 2.24) is 19.7 Å². The van der Waals surface area contributed by atoms with Crippen LogP contribution in [0.5, 0.6) is 0 Å². The van der Waals surface area contributed by atoms with E-state index >= 15 is 0 Å². The molecule has 2 heterocycles. The second kappa shape index (κ2) is 7.75. The molecule has 3 aromatic rings. The van der Waals surface area contributed by atoms with Crippen LogP contribution in [0.4, 0.5) is 18.9 Å². The van der Waals surface area contributed by atoms with E-state index in [9.17, 15) is 18.0 Å². The van der Waals surface area contributed by atoms with E-state index in [0.29, 0.717) is 5.69 Å². The molecule has 1 aromatic heterocycles. The molecule has 1 aliphatic heterocycles. The van der Waals surface area contributed by atoms with Crippen LogP contribution in [0, 0.1) is 0 Å². The van der Waals surface area contributed by atoms with Crippen LogP contribution >= 0.6 is 0 Å². The summed E-state index contributed by atoms with van der Waals surface area (Å²) in [5.41, 5.74) is 0.430. The molecule has 0 atom stereocenters. The average molecular weight is 403 g/mol. The van der Waals surface area contributed by atoms with Gasteiger partial charge in [0.2, 0.25) is 0 Å². The molecule has 0 saturated carbocycles. The van der Waals surface area contributed by atoms with Gasteiger partial charge in [-0.05, 0) is 35.9 Å². The highest BCUT2D eigenvalue weighted by Gasteiger charge is 2.33. The van der Waals surface area contributed by atoms with E-state index in [2.05, 4.69) is 15.3 Å². The number of alkyl halides is 3. The lowest BCUT2D eigenvalue weighted by molar-refractivity contribution is -0.138. The number of rotatable bonds is 4. The van der Waals surface area contributed by atoms with Gasteiger partial charge in [0.15, 0.2) is 0 Å². The Morgan fingerprint density at radius 1 is 0.966 bits per heavy atom. The molecule has 29 heavy (non-hydrogen) atoms. The summed E-state index contributed by atoms with van der Waals surface area (Å²) in [6.45, 7) is 3.42. The van der Waals surface area contributed by atoms with Gasteiger partial charge < -0.3 is 10.2 Å². The molecule has 2 aromatic carbocycles. The van der Waals surface area contributed by atoms with E-state index in [1.54, 1.807) is 0 Å². The fourth-order valence-electron chi connectivity index (χ4n) is 3.47. The molecular weight excluding hydrogens is 383 g/mol. The Morgan fingerprint density at radius 2 is 1.62 bits per heavy atom. The Balaban J connectivity index is 1.57.